The molecule has 0 aliphatic rings. The number of nitrogens with zero attached hydrogens (tertiary/aromatic N) is 1. The fourth-order valence-corrected chi connectivity index (χ4v) is 1.96. The van der Waals surface area contributed by atoms with E-state index in [1.54, 1.807) is 6.20 Å². The second kappa shape index (κ2) is 5.45. The Kier molecular flexibility index (Phi) is 3.72. The Hall–Kier alpha value is -2.16. The second-order valence-corrected chi connectivity index (χ2v) is 4.33. The number of aliphatic carboxylic acids is 1. The minimum absolute atomic E-state index is 0.416. The van der Waals surface area contributed by atoms with Crippen LogP contribution in [0.5, 0.6) is 0 Å². The van der Waals surface area contributed by atoms with Gasteiger partial charge in [0.15, 0.2) is 0 Å². The van der Waals surface area contributed by atoms with Crippen LogP contribution in [0, 0.1) is 6.92 Å². The number of carbonyl (C=O) groups is 1. The van der Waals surface area contributed by atoms with Gasteiger partial charge in [0.05, 0.1) is 5.92 Å². The summed E-state index contributed by atoms with van der Waals surface area (Å²) < 4.78 is 0. The van der Waals surface area contributed by atoms with Gasteiger partial charge in [-0.1, -0.05) is 35.9 Å². The highest BCUT2D eigenvalue weighted by Gasteiger charge is 2.20. The third-order valence-corrected chi connectivity index (χ3v) is 2.88. The number of hydrogen-bond acceptors (Lipinski definition) is 2. The topological polar surface area (TPSA) is 50.2 Å². The molecule has 18 heavy (non-hydrogen) atoms. The summed E-state index contributed by atoms with van der Waals surface area (Å²) in [5.74, 6) is -1.36. The van der Waals surface area contributed by atoms with Crippen molar-refractivity contribution in [1.82, 2.24) is 4.98 Å². The first-order valence-corrected chi connectivity index (χ1v) is 5.86. The first kappa shape index (κ1) is 12.3. The van der Waals surface area contributed by atoms with Crippen LogP contribution >= 0.6 is 0 Å². The van der Waals surface area contributed by atoms with Gasteiger partial charge in [-0.05, 0) is 24.6 Å². The first-order chi connectivity index (χ1) is 8.66. The number of aromatic nitrogens is 1. The molecule has 0 aliphatic heterocycles. The van der Waals surface area contributed by atoms with Crippen LogP contribution < -0.4 is 0 Å². The minimum Gasteiger partial charge on any atom is -0.481 e. The highest BCUT2D eigenvalue weighted by atomic mass is 16.4. The molecule has 0 fully saturated rings. The van der Waals surface area contributed by atoms with Crippen molar-refractivity contribution in [2.24, 2.45) is 0 Å². The van der Waals surface area contributed by atoms with Gasteiger partial charge in [-0.3, -0.25) is 9.78 Å². The van der Waals surface area contributed by atoms with Gasteiger partial charge in [-0.15, -0.1) is 0 Å². The number of hydrogen-bond donors (Lipinski definition) is 1. The molecule has 1 atom stereocenters. The maximum absolute atomic E-state index is 11.4. The van der Waals surface area contributed by atoms with E-state index in [2.05, 4.69) is 4.98 Å². The molecule has 3 heteroatoms. The van der Waals surface area contributed by atoms with Crippen LogP contribution in [-0.2, 0) is 11.2 Å². The van der Waals surface area contributed by atoms with E-state index in [9.17, 15) is 9.90 Å². The number of pyridine rings is 1. The molecule has 92 valence electrons. The highest BCUT2D eigenvalue weighted by Crippen LogP contribution is 2.21. The number of benzene rings is 1. The lowest BCUT2D eigenvalue weighted by Crippen LogP contribution is -2.15. The van der Waals surface area contributed by atoms with Crippen LogP contribution in [0.15, 0.2) is 48.7 Å². The van der Waals surface area contributed by atoms with Crippen molar-refractivity contribution in [3.63, 3.8) is 0 Å². The zero-order valence-corrected chi connectivity index (χ0v) is 10.2. The van der Waals surface area contributed by atoms with Crippen molar-refractivity contribution in [3.8, 4) is 0 Å². The summed E-state index contributed by atoms with van der Waals surface area (Å²) in [5, 5.41) is 9.35. The molecule has 1 aromatic carbocycles. The van der Waals surface area contributed by atoms with Gasteiger partial charge in [0.1, 0.15) is 0 Å². The quantitative estimate of drug-likeness (QED) is 0.895. The molecule has 0 saturated carbocycles. The van der Waals surface area contributed by atoms with E-state index in [1.165, 1.54) is 0 Å². The van der Waals surface area contributed by atoms with Gasteiger partial charge < -0.3 is 5.11 Å². The molecular formula is C15H15NO2. The van der Waals surface area contributed by atoms with Crippen molar-refractivity contribution < 1.29 is 9.90 Å². The Morgan fingerprint density at radius 3 is 2.72 bits per heavy atom. The largest absolute Gasteiger partial charge is 0.481 e. The maximum atomic E-state index is 11.4. The highest BCUT2D eigenvalue weighted by molar-refractivity contribution is 5.76. The first-order valence-electron chi connectivity index (χ1n) is 5.86. The van der Waals surface area contributed by atoms with Crippen molar-refractivity contribution in [3.05, 3.63) is 65.5 Å². The number of rotatable bonds is 4. The molecule has 0 aliphatic carbocycles. The predicted octanol–water partition coefficient (Wildman–Crippen LogP) is 2.80. The van der Waals surface area contributed by atoms with Crippen LogP contribution in [0.25, 0.3) is 0 Å². The van der Waals surface area contributed by atoms with E-state index < -0.39 is 11.9 Å². The molecule has 1 aromatic heterocycles. The Morgan fingerprint density at radius 1 is 1.28 bits per heavy atom. The summed E-state index contributed by atoms with van der Waals surface area (Å²) in [6.07, 6.45) is 2.10. The van der Waals surface area contributed by atoms with Gasteiger partial charge in [-0.25, -0.2) is 0 Å². The molecule has 2 rings (SSSR count). The van der Waals surface area contributed by atoms with Gasteiger partial charge in [0.25, 0.3) is 0 Å². The van der Waals surface area contributed by atoms with E-state index in [0.717, 1.165) is 16.8 Å². The van der Waals surface area contributed by atoms with Gasteiger partial charge in [0, 0.05) is 18.3 Å². The zero-order chi connectivity index (χ0) is 13.0. The standard InChI is InChI=1S/C15H15NO2/c1-11-5-4-6-12(9-11)14(15(17)18)10-13-7-2-3-8-16-13/h2-9,14H,10H2,1H3,(H,17,18). The van der Waals surface area contributed by atoms with Crippen LogP contribution in [0.1, 0.15) is 22.7 Å². The normalized spacial score (nSPS) is 12.1. The smallest absolute Gasteiger partial charge is 0.311 e. The van der Waals surface area contributed by atoms with Crippen LogP contribution in [0.2, 0.25) is 0 Å². The van der Waals surface area contributed by atoms with Crippen LogP contribution in [0.4, 0.5) is 0 Å². The van der Waals surface area contributed by atoms with Crippen molar-refractivity contribution in [2.75, 3.05) is 0 Å². The van der Waals surface area contributed by atoms with Crippen molar-refractivity contribution in [1.29, 1.82) is 0 Å². The van der Waals surface area contributed by atoms with E-state index in [-0.39, 0.29) is 0 Å². The van der Waals surface area contributed by atoms with E-state index in [4.69, 9.17) is 0 Å². The van der Waals surface area contributed by atoms with Gasteiger partial charge in [0.2, 0.25) is 0 Å². The molecular weight excluding hydrogens is 226 g/mol. The lowest BCUT2D eigenvalue weighted by atomic mass is 9.93. The third kappa shape index (κ3) is 2.94. The van der Waals surface area contributed by atoms with Gasteiger partial charge >= 0.3 is 5.97 Å². The average molecular weight is 241 g/mol. The summed E-state index contributed by atoms with van der Waals surface area (Å²) in [6.45, 7) is 1.96. The molecule has 3 nitrogen and oxygen atoms in total. The van der Waals surface area contributed by atoms with E-state index in [0.29, 0.717) is 6.42 Å². The molecule has 0 amide bonds. The monoisotopic (exact) mass is 241 g/mol. The lowest BCUT2D eigenvalue weighted by Gasteiger charge is -2.12. The molecule has 0 saturated heterocycles. The molecule has 2 aromatic rings. The van der Waals surface area contributed by atoms with Crippen LogP contribution in [0.3, 0.4) is 0 Å². The summed E-state index contributed by atoms with van der Waals surface area (Å²) in [4.78, 5) is 15.6. The molecule has 0 radical (unpaired) electrons. The van der Waals surface area contributed by atoms with Gasteiger partial charge in [-0.2, -0.15) is 0 Å². The fraction of sp³-hybridized carbons (Fsp3) is 0.200. The molecule has 0 bridgehead atoms. The van der Waals surface area contributed by atoms with E-state index in [1.807, 2.05) is 49.4 Å². The fourth-order valence-electron chi connectivity index (χ4n) is 1.96. The lowest BCUT2D eigenvalue weighted by molar-refractivity contribution is -0.138. The number of carboxylic acid groups (broad SMARTS) is 1. The second-order valence-electron chi connectivity index (χ2n) is 4.33. The predicted molar refractivity (Wildman–Crippen MR) is 69.5 cm³/mol. The van der Waals surface area contributed by atoms with Crippen molar-refractivity contribution >= 4 is 5.97 Å². The molecule has 1 unspecified atom stereocenters. The Balaban J connectivity index is 2.27. The van der Waals surface area contributed by atoms with Crippen molar-refractivity contribution in [2.45, 2.75) is 19.3 Å². The zero-order valence-electron chi connectivity index (χ0n) is 10.2. The summed E-state index contributed by atoms with van der Waals surface area (Å²) in [5.41, 5.74) is 2.69. The third-order valence-electron chi connectivity index (χ3n) is 2.88. The Bertz CT molecular complexity index is 537. The minimum atomic E-state index is -0.814. The average Bonchev–Trinajstić information content (AvgIpc) is 2.37. The molecule has 1 N–H and O–H groups in total. The van der Waals surface area contributed by atoms with E-state index >= 15 is 0 Å². The summed E-state index contributed by atoms with van der Waals surface area (Å²) >= 11 is 0. The number of carboxylic acids is 1. The number of aryl methyl sites for hydroxylation is 1. The Morgan fingerprint density at radius 2 is 2.11 bits per heavy atom. The van der Waals surface area contributed by atoms with Crippen LogP contribution in [-0.4, -0.2) is 16.1 Å². The maximum Gasteiger partial charge on any atom is 0.311 e. The Labute approximate surface area is 106 Å². The summed E-state index contributed by atoms with van der Waals surface area (Å²) in [6, 6.07) is 13.2. The summed E-state index contributed by atoms with van der Waals surface area (Å²) in [7, 11) is 0. The molecule has 0 spiro atoms. The molecule has 1 heterocycles. The SMILES string of the molecule is Cc1cccc(C(Cc2ccccn2)C(=O)O)c1.